The summed E-state index contributed by atoms with van der Waals surface area (Å²) in [7, 11) is 1.60. The molecule has 0 aliphatic carbocycles. The zero-order valence-electron chi connectivity index (χ0n) is 14.6. The molecule has 3 atom stereocenters. The Kier molecular flexibility index (Phi) is 5.66. The van der Waals surface area contributed by atoms with E-state index in [0.29, 0.717) is 5.88 Å². The van der Waals surface area contributed by atoms with Gasteiger partial charge in [0.2, 0.25) is 11.8 Å². The lowest BCUT2D eigenvalue weighted by Gasteiger charge is -2.36. The van der Waals surface area contributed by atoms with E-state index in [-0.39, 0.29) is 24.2 Å². The number of hydrogen-bond donors (Lipinski definition) is 1. The Morgan fingerprint density at radius 2 is 2.04 bits per heavy atom. The first-order valence-electron chi connectivity index (χ1n) is 8.60. The van der Waals surface area contributed by atoms with Crippen LogP contribution < -0.4 is 10.1 Å². The number of hydrogen-bond acceptors (Lipinski definition) is 4. The second kappa shape index (κ2) is 8.12. The number of nitrogens with zero attached hydrogens (tertiary/aromatic N) is 1. The van der Waals surface area contributed by atoms with Crippen LogP contribution in [0.3, 0.4) is 0 Å². The van der Waals surface area contributed by atoms with Gasteiger partial charge in [-0.1, -0.05) is 30.3 Å². The smallest absolute Gasteiger partial charge is 0.217 e. The predicted octanol–water partition coefficient (Wildman–Crippen LogP) is 3.06. The molecule has 5 nitrogen and oxygen atoms in total. The SMILES string of the molecule is COc1ccc([C@@H]2C[C@H](NC(C)=O)C[C@H](Cc3ccccc3)O2)cn1. The minimum Gasteiger partial charge on any atom is -0.481 e. The van der Waals surface area contributed by atoms with Gasteiger partial charge in [-0.05, 0) is 36.5 Å². The Morgan fingerprint density at radius 3 is 2.68 bits per heavy atom. The van der Waals surface area contributed by atoms with E-state index in [4.69, 9.17) is 9.47 Å². The molecule has 0 saturated carbocycles. The Hall–Kier alpha value is -2.40. The van der Waals surface area contributed by atoms with Crippen molar-refractivity contribution < 1.29 is 14.3 Å². The number of rotatable bonds is 5. The van der Waals surface area contributed by atoms with Crippen molar-refractivity contribution in [1.29, 1.82) is 0 Å². The lowest BCUT2D eigenvalue weighted by Crippen LogP contribution is -2.42. The maximum atomic E-state index is 11.5. The maximum absolute atomic E-state index is 11.5. The Morgan fingerprint density at radius 1 is 1.24 bits per heavy atom. The molecule has 1 fully saturated rings. The van der Waals surface area contributed by atoms with Gasteiger partial charge in [0, 0.05) is 25.2 Å². The second-order valence-electron chi connectivity index (χ2n) is 6.44. The summed E-state index contributed by atoms with van der Waals surface area (Å²) in [6, 6.07) is 14.2. The number of pyridine rings is 1. The Labute approximate surface area is 148 Å². The minimum absolute atomic E-state index is 0.00281. The van der Waals surface area contributed by atoms with E-state index < -0.39 is 0 Å². The molecule has 1 aromatic carbocycles. The first kappa shape index (κ1) is 17.4. The summed E-state index contributed by atoms with van der Waals surface area (Å²) >= 11 is 0. The van der Waals surface area contributed by atoms with Crippen LogP contribution >= 0.6 is 0 Å². The van der Waals surface area contributed by atoms with Crippen molar-refractivity contribution in [2.75, 3.05) is 7.11 Å². The number of methoxy groups -OCH3 is 1. The van der Waals surface area contributed by atoms with Crippen molar-refractivity contribution in [2.45, 2.75) is 44.4 Å². The summed E-state index contributed by atoms with van der Waals surface area (Å²) in [4.78, 5) is 15.8. The second-order valence-corrected chi connectivity index (χ2v) is 6.44. The molecule has 1 aromatic heterocycles. The van der Waals surface area contributed by atoms with Crippen LogP contribution in [0.15, 0.2) is 48.7 Å². The van der Waals surface area contributed by atoms with Crippen LogP contribution in [0.1, 0.15) is 37.0 Å². The Bertz CT molecular complexity index is 688. The van der Waals surface area contributed by atoms with Gasteiger partial charge in [0.05, 0.1) is 19.3 Å². The van der Waals surface area contributed by atoms with Gasteiger partial charge in [0.1, 0.15) is 0 Å². The zero-order valence-corrected chi connectivity index (χ0v) is 14.6. The van der Waals surface area contributed by atoms with E-state index in [9.17, 15) is 4.79 Å². The van der Waals surface area contributed by atoms with Crippen LogP contribution in [0.5, 0.6) is 5.88 Å². The standard InChI is InChI=1S/C20H24N2O3/c1-14(23)22-17-11-18(10-15-6-4-3-5-7-15)25-19(12-17)16-8-9-20(24-2)21-13-16/h3-9,13,17-19H,10-12H2,1-2H3,(H,22,23)/t17-,18+,19+/m1/s1. The van der Waals surface area contributed by atoms with Gasteiger partial charge in [-0.3, -0.25) is 4.79 Å². The van der Waals surface area contributed by atoms with Crippen molar-refractivity contribution in [2.24, 2.45) is 0 Å². The number of benzene rings is 1. The third-order valence-corrected chi connectivity index (χ3v) is 4.46. The highest BCUT2D eigenvalue weighted by atomic mass is 16.5. The van der Waals surface area contributed by atoms with Crippen molar-refractivity contribution >= 4 is 5.91 Å². The predicted molar refractivity (Wildman–Crippen MR) is 95.4 cm³/mol. The monoisotopic (exact) mass is 340 g/mol. The first-order chi connectivity index (χ1) is 12.1. The summed E-state index contributed by atoms with van der Waals surface area (Å²) in [6.07, 6.45) is 4.15. The van der Waals surface area contributed by atoms with E-state index in [1.165, 1.54) is 5.56 Å². The van der Waals surface area contributed by atoms with Crippen LogP contribution in [0.4, 0.5) is 0 Å². The van der Waals surface area contributed by atoms with Gasteiger partial charge >= 0.3 is 0 Å². The van der Waals surface area contributed by atoms with Crippen molar-refractivity contribution in [3.05, 3.63) is 59.8 Å². The lowest BCUT2D eigenvalue weighted by molar-refractivity contribution is -0.122. The van der Waals surface area contributed by atoms with Gasteiger partial charge in [-0.15, -0.1) is 0 Å². The highest BCUT2D eigenvalue weighted by Crippen LogP contribution is 2.33. The molecular weight excluding hydrogens is 316 g/mol. The molecule has 0 radical (unpaired) electrons. The zero-order chi connectivity index (χ0) is 17.6. The number of ether oxygens (including phenoxy) is 2. The average Bonchev–Trinajstić information content (AvgIpc) is 2.62. The van der Waals surface area contributed by atoms with Gasteiger partial charge in [0.15, 0.2) is 0 Å². The molecule has 0 unspecified atom stereocenters. The molecule has 1 saturated heterocycles. The highest BCUT2D eigenvalue weighted by Gasteiger charge is 2.31. The normalized spacial score (nSPS) is 23.0. The molecule has 1 aliphatic rings. The van der Waals surface area contributed by atoms with Crippen LogP contribution in [0.25, 0.3) is 0 Å². The fourth-order valence-electron chi connectivity index (χ4n) is 3.35. The summed E-state index contributed by atoms with van der Waals surface area (Å²) < 4.78 is 11.5. The summed E-state index contributed by atoms with van der Waals surface area (Å²) in [5.41, 5.74) is 2.25. The number of carbonyl (C=O) groups excluding carboxylic acids is 1. The molecule has 25 heavy (non-hydrogen) atoms. The molecule has 2 aromatic rings. The summed E-state index contributed by atoms with van der Waals surface area (Å²) in [5.74, 6) is 0.579. The topological polar surface area (TPSA) is 60.5 Å². The van der Waals surface area contributed by atoms with E-state index in [1.54, 1.807) is 20.2 Å². The molecule has 3 rings (SSSR count). The quantitative estimate of drug-likeness (QED) is 0.909. The van der Waals surface area contributed by atoms with Gasteiger partial charge in [-0.2, -0.15) is 0 Å². The van der Waals surface area contributed by atoms with Crippen molar-refractivity contribution in [3.8, 4) is 5.88 Å². The molecule has 0 spiro atoms. The van der Waals surface area contributed by atoms with Crippen LogP contribution in [0.2, 0.25) is 0 Å². The van der Waals surface area contributed by atoms with Crippen LogP contribution in [0, 0.1) is 0 Å². The van der Waals surface area contributed by atoms with E-state index in [1.807, 2.05) is 30.3 Å². The molecule has 1 N–H and O–H groups in total. The fourth-order valence-corrected chi connectivity index (χ4v) is 3.35. The molecule has 2 heterocycles. The van der Waals surface area contributed by atoms with Crippen molar-refractivity contribution in [1.82, 2.24) is 10.3 Å². The first-order valence-corrected chi connectivity index (χ1v) is 8.60. The number of nitrogens with one attached hydrogen (secondary N) is 1. The fraction of sp³-hybridized carbons (Fsp3) is 0.400. The van der Waals surface area contributed by atoms with Crippen molar-refractivity contribution in [3.63, 3.8) is 0 Å². The van der Waals surface area contributed by atoms with E-state index in [0.717, 1.165) is 24.8 Å². The third kappa shape index (κ3) is 4.79. The molecule has 5 heteroatoms. The number of carbonyl (C=O) groups is 1. The van der Waals surface area contributed by atoms with Gasteiger partial charge in [-0.25, -0.2) is 4.98 Å². The average molecular weight is 340 g/mol. The number of amides is 1. The Balaban J connectivity index is 1.75. The van der Waals surface area contributed by atoms with Gasteiger partial charge in [0.25, 0.3) is 0 Å². The van der Waals surface area contributed by atoms with Gasteiger partial charge < -0.3 is 14.8 Å². The molecule has 1 amide bonds. The molecule has 1 aliphatic heterocycles. The van der Waals surface area contributed by atoms with E-state index in [2.05, 4.69) is 22.4 Å². The summed E-state index contributed by atoms with van der Waals surface area (Å²) in [6.45, 7) is 1.56. The molecule has 132 valence electrons. The minimum atomic E-state index is -0.0854. The van der Waals surface area contributed by atoms with E-state index >= 15 is 0 Å². The highest BCUT2D eigenvalue weighted by molar-refractivity contribution is 5.73. The number of aromatic nitrogens is 1. The third-order valence-electron chi connectivity index (χ3n) is 4.46. The largest absolute Gasteiger partial charge is 0.481 e. The molecule has 0 bridgehead atoms. The van der Waals surface area contributed by atoms with Crippen LogP contribution in [-0.4, -0.2) is 30.1 Å². The summed E-state index contributed by atoms with van der Waals surface area (Å²) in [5, 5.41) is 3.06. The molecular formula is C20H24N2O3. The lowest BCUT2D eigenvalue weighted by atomic mass is 9.92. The maximum Gasteiger partial charge on any atom is 0.217 e. The van der Waals surface area contributed by atoms with Crippen LogP contribution in [-0.2, 0) is 16.0 Å².